The van der Waals surface area contributed by atoms with Crippen molar-refractivity contribution in [2.45, 2.75) is 13.3 Å². The minimum Gasteiger partial charge on any atom is -0.397 e. The van der Waals surface area contributed by atoms with Gasteiger partial charge in [-0.3, -0.25) is 0 Å². The second-order valence-electron chi connectivity index (χ2n) is 3.86. The monoisotopic (exact) mass is 213 g/mol. The summed E-state index contributed by atoms with van der Waals surface area (Å²) < 4.78 is 0. The van der Waals surface area contributed by atoms with Crippen LogP contribution in [0.5, 0.6) is 0 Å². The Balaban J connectivity index is 2.38. The molecule has 0 saturated carbocycles. The van der Waals surface area contributed by atoms with Crippen LogP contribution in [0.15, 0.2) is 36.5 Å². The van der Waals surface area contributed by atoms with Crippen LogP contribution in [-0.4, -0.2) is 4.98 Å². The molecule has 3 nitrogen and oxygen atoms in total. The van der Waals surface area contributed by atoms with Crippen LogP contribution in [0.3, 0.4) is 0 Å². The molecule has 0 radical (unpaired) electrons. The molecule has 4 N–H and O–H groups in total. The average molecular weight is 213 g/mol. The van der Waals surface area contributed by atoms with Gasteiger partial charge < -0.3 is 11.5 Å². The second kappa shape index (κ2) is 4.23. The van der Waals surface area contributed by atoms with Gasteiger partial charge in [-0.1, -0.05) is 30.3 Å². The van der Waals surface area contributed by atoms with E-state index in [0.717, 1.165) is 17.5 Å². The molecule has 0 aliphatic rings. The highest BCUT2D eigenvalue weighted by atomic mass is 14.8. The zero-order chi connectivity index (χ0) is 11.5. The van der Waals surface area contributed by atoms with Gasteiger partial charge in [0, 0.05) is 0 Å². The number of aromatic nitrogens is 1. The van der Waals surface area contributed by atoms with E-state index in [2.05, 4.69) is 17.1 Å². The van der Waals surface area contributed by atoms with E-state index in [1.165, 1.54) is 5.56 Å². The molecule has 0 unspecified atom stereocenters. The van der Waals surface area contributed by atoms with Gasteiger partial charge in [0.1, 0.15) is 5.82 Å². The third kappa shape index (κ3) is 1.98. The van der Waals surface area contributed by atoms with Gasteiger partial charge >= 0.3 is 0 Å². The van der Waals surface area contributed by atoms with Gasteiger partial charge in [-0.25, -0.2) is 4.98 Å². The van der Waals surface area contributed by atoms with Crippen molar-refractivity contribution >= 4 is 11.5 Å². The van der Waals surface area contributed by atoms with E-state index in [1.54, 1.807) is 6.20 Å². The van der Waals surface area contributed by atoms with E-state index in [4.69, 9.17) is 11.5 Å². The molecule has 0 fully saturated rings. The van der Waals surface area contributed by atoms with Gasteiger partial charge in [0.15, 0.2) is 0 Å². The maximum absolute atomic E-state index is 5.92. The Kier molecular flexibility index (Phi) is 2.77. The number of nitrogen functional groups attached to an aromatic ring is 2. The molecule has 0 aliphatic heterocycles. The van der Waals surface area contributed by atoms with Crippen LogP contribution < -0.4 is 11.5 Å². The summed E-state index contributed by atoms with van der Waals surface area (Å²) in [6.07, 6.45) is 2.42. The zero-order valence-corrected chi connectivity index (χ0v) is 9.27. The van der Waals surface area contributed by atoms with Gasteiger partial charge in [-0.05, 0) is 30.0 Å². The van der Waals surface area contributed by atoms with E-state index in [-0.39, 0.29) is 0 Å². The Morgan fingerprint density at radius 1 is 1.12 bits per heavy atom. The molecule has 1 heterocycles. The molecule has 0 amide bonds. The fraction of sp³-hybridized carbons (Fsp3) is 0.154. The molecule has 0 spiro atoms. The number of pyridine rings is 1. The SMILES string of the molecule is Cc1c(N)ncc(N)c1Cc1ccccc1. The van der Waals surface area contributed by atoms with E-state index in [9.17, 15) is 0 Å². The summed E-state index contributed by atoms with van der Waals surface area (Å²) >= 11 is 0. The number of rotatable bonds is 2. The summed E-state index contributed by atoms with van der Waals surface area (Å²) in [5.41, 5.74) is 15.7. The topological polar surface area (TPSA) is 64.9 Å². The summed E-state index contributed by atoms with van der Waals surface area (Å²) in [6.45, 7) is 1.96. The lowest BCUT2D eigenvalue weighted by atomic mass is 10.0. The normalized spacial score (nSPS) is 10.3. The van der Waals surface area contributed by atoms with Crippen LogP contribution in [0, 0.1) is 6.92 Å². The first kappa shape index (κ1) is 10.5. The van der Waals surface area contributed by atoms with E-state index < -0.39 is 0 Å². The Bertz CT molecular complexity index is 492. The molecule has 1 aromatic carbocycles. The summed E-state index contributed by atoms with van der Waals surface area (Å²) in [4.78, 5) is 4.03. The first-order chi connectivity index (χ1) is 7.68. The molecule has 2 aromatic rings. The third-order valence-electron chi connectivity index (χ3n) is 2.75. The Morgan fingerprint density at radius 2 is 1.81 bits per heavy atom. The molecule has 16 heavy (non-hydrogen) atoms. The fourth-order valence-electron chi connectivity index (χ4n) is 1.72. The van der Waals surface area contributed by atoms with Gasteiger partial charge in [0.25, 0.3) is 0 Å². The maximum Gasteiger partial charge on any atom is 0.126 e. The minimum absolute atomic E-state index is 0.556. The first-order valence-corrected chi connectivity index (χ1v) is 5.22. The Labute approximate surface area is 95.1 Å². The number of nitrogens with two attached hydrogens (primary N) is 2. The van der Waals surface area contributed by atoms with Crippen molar-refractivity contribution in [3.8, 4) is 0 Å². The summed E-state index contributed by atoms with van der Waals surface area (Å²) in [6, 6.07) is 10.2. The molecular formula is C13H15N3. The Morgan fingerprint density at radius 3 is 2.50 bits per heavy atom. The fourth-order valence-corrected chi connectivity index (χ4v) is 1.72. The van der Waals surface area contributed by atoms with Crippen LogP contribution in [0.25, 0.3) is 0 Å². The largest absolute Gasteiger partial charge is 0.397 e. The summed E-state index contributed by atoms with van der Waals surface area (Å²) in [5.74, 6) is 0.556. The number of hydrogen-bond acceptors (Lipinski definition) is 3. The van der Waals surface area contributed by atoms with Crippen molar-refractivity contribution in [3.63, 3.8) is 0 Å². The van der Waals surface area contributed by atoms with E-state index in [1.807, 2.05) is 25.1 Å². The maximum atomic E-state index is 5.92. The predicted octanol–water partition coefficient (Wildman–Crippen LogP) is 2.15. The number of anilines is 2. The number of nitrogens with zero attached hydrogens (tertiary/aromatic N) is 1. The van der Waals surface area contributed by atoms with Crippen molar-refractivity contribution < 1.29 is 0 Å². The molecule has 0 bridgehead atoms. The Hall–Kier alpha value is -2.03. The van der Waals surface area contributed by atoms with E-state index in [0.29, 0.717) is 11.5 Å². The molecule has 82 valence electrons. The minimum atomic E-state index is 0.556. The van der Waals surface area contributed by atoms with Crippen molar-refractivity contribution in [2.75, 3.05) is 11.5 Å². The van der Waals surface area contributed by atoms with Crippen LogP contribution in [0.4, 0.5) is 11.5 Å². The highest BCUT2D eigenvalue weighted by molar-refractivity contribution is 5.57. The van der Waals surface area contributed by atoms with Crippen LogP contribution in [0.2, 0.25) is 0 Å². The summed E-state index contributed by atoms with van der Waals surface area (Å²) in [7, 11) is 0. The second-order valence-corrected chi connectivity index (χ2v) is 3.86. The number of benzene rings is 1. The predicted molar refractivity (Wildman–Crippen MR) is 67.0 cm³/mol. The molecule has 0 saturated heterocycles. The standard InChI is InChI=1S/C13H15N3/c1-9-11(12(14)8-16-13(9)15)7-10-5-3-2-4-6-10/h2-6,8H,7,14H2,1H3,(H2,15,16). The van der Waals surface area contributed by atoms with Crippen molar-refractivity contribution in [1.29, 1.82) is 0 Å². The van der Waals surface area contributed by atoms with Gasteiger partial charge in [-0.15, -0.1) is 0 Å². The van der Waals surface area contributed by atoms with Gasteiger partial charge in [0.2, 0.25) is 0 Å². The van der Waals surface area contributed by atoms with Crippen LogP contribution in [-0.2, 0) is 6.42 Å². The lowest BCUT2D eigenvalue weighted by Crippen LogP contribution is -2.04. The quantitative estimate of drug-likeness (QED) is 0.803. The lowest BCUT2D eigenvalue weighted by molar-refractivity contribution is 1.13. The molecular weight excluding hydrogens is 198 g/mol. The highest BCUT2D eigenvalue weighted by Crippen LogP contribution is 2.22. The van der Waals surface area contributed by atoms with Crippen molar-refractivity contribution in [3.05, 3.63) is 53.2 Å². The van der Waals surface area contributed by atoms with Crippen LogP contribution in [0.1, 0.15) is 16.7 Å². The van der Waals surface area contributed by atoms with Crippen molar-refractivity contribution in [1.82, 2.24) is 4.98 Å². The molecule has 2 rings (SSSR count). The zero-order valence-electron chi connectivity index (χ0n) is 9.27. The highest BCUT2D eigenvalue weighted by Gasteiger charge is 2.07. The molecule has 1 aromatic heterocycles. The smallest absolute Gasteiger partial charge is 0.126 e. The molecule has 3 heteroatoms. The molecule has 0 aliphatic carbocycles. The van der Waals surface area contributed by atoms with Crippen molar-refractivity contribution in [2.24, 2.45) is 0 Å². The number of hydrogen-bond donors (Lipinski definition) is 2. The summed E-state index contributed by atoms with van der Waals surface area (Å²) in [5, 5.41) is 0. The van der Waals surface area contributed by atoms with Crippen LogP contribution >= 0.6 is 0 Å². The van der Waals surface area contributed by atoms with E-state index >= 15 is 0 Å². The lowest BCUT2D eigenvalue weighted by Gasteiger charge is -2.10. The first-order valence-electron chi connectivity index (χ1n) is 5.22. The average Bonchev–Trinajstić information content (AvgIpc) is 2.31. The molecule has 0 atom stereocenters. The van der Waals surface area contributed by atoms with Gasteiger partial charge in [-0.2, -0.15) is 0 Å². The third-order valence-corrected chi connectivity index (χ3v) is 2.75. The van der Waals surface area contributed by atoms with Gasteiger partial charge in [0.05, 0.1) is 11.9 Å².